The van der Waals surface area contributed by atoms with E-state index >= 15 is 0 Å². The number of morpholine rings is 1. The molecule has 3 rings (SSSR count). The molecule has 1 aliphatic rings. The van der Waals surface area contributed by atoms with Crippen LogP contribution in [0.3, 0.4) is 0 Å². The number of nitrogens with zero attached hydrogens (tertiary/aromatic N) is 2. The maximum atomic E-state index is 5.56. The molecule has 2 N–H and O–H groups in total. The van der Waals surface area contributed by atoms with Gasteiger partial charge in [-0.2, -0.15) is 0 Å². The second-order valence-corrected chi connectivity index (χ2v) is 7.52. The third-order valence-electron chi connectivity index (χ3n) is 5.48. The van der Waals surface area contributed by atoms with Crippen molar-refractivity contribution in [2.24, 2.45) is 4.99 Å². The zero-order valence-corrected chi connectivity index (χ0v) is 18.4. The quantitative estimate of drug-likeness (QED) is 0.518. The largest absolute Gasteiger partial charge is 0.496 e. The number of aliphatic imine (C=N–C) groups is 1. The summed E-state index contributed by atoms with van der Waals surface area (Å²) in [4.78, 5) is 6.90. The molecular formula is C24H34N4O2. The highest BCUT2D eigenvalue weighted by Crippen LogP contribution is 2.22. The normalized spacial score (nSPS) is 16.2. The lowest BCUT2D eigenvalue weighted by Gasteiger charge is -2.35. The van der Waals surface area contributed by atoms with E-state index in [-0.39, 0.29) is 6.04 Å². The van der Waals surface area contributed by atoms with Gasteiger partial charge in [-0.05, 0) is 30.5 Å². The summed E-state index contributed by atoms with van der Waals surface area (Å²) in [5.74, 6) is 1.74. The molecule has 1 heterocycles. The van der Waals surface area contributed by atoms with E-state index in [0.29, 0.717) is 0 Å². The van der Waals surface area contributed by atoms with Crippen molar-refractivity contribution in [3.05, 3.63) is 65.2 Å². The first-order chi connectivity index (χ1) is 14.7. The number of hydrogen-bond acceptors (Lipinski definition) is 4. The van der Waals surface area contributed by atoms with Gasteiger partial charge in [0.05, 0.1) is 26.4 Å². The summed E-state index contributed by atoms with van der Waals surface area (Å²) in [5, 5.41) is 6.96. The lowest BCUT2D eigenvalue weighted by Crippen LogP contribution is -2.46. The molecule has 6 nitrogen and oxygen atoms in total. The Bertz CT molecular complexity index is 818. The maximum Gasteiger partial charge on any atom is 0.191 e. The molecule has 0 bridgehead atoms. The topological polar surface area (TPSA) is 58.1 Å². The smallest absolute Gasteiger partial charge is 0.191 e. The zero-order valence-electron chi connectivity index (χ0n) is 18.4. The van der Waals surface area contributed by atoms with E-state index in [1.165, 1.54) is 16.7 Å². The van der Waals surface area contributed by atoms with Gasteiger partial charge in [0.1, 0.15) is 5.75 Å². The first kappa shape index (κ1) is 22.1. The number of methoxy groups -OCH3 is 1. The van der Waals surface area contributed by atoms with E-state index in [9.17, 15) is 0 Å². The van der Waals surface area contributed by atoms with Crippen LogP contribution in [0.25, 0.3) is 0 Å². The van der Waals surface area contributed by atoms with Crippen LogP contribution in [0, 0.1) is 6.92 Å². The molecule has 0 amide bonds. The summed E-state index contributed by atoms with van der Waals surface area (Å²) in [6.45, 7) is 7.18. The van der Waals surface area contributed by atoms with Gasteiger partial charge < -0.3 is 20.1 Å². The third kappa shape index (κ3) is 6.21. The molecule has 0 saturated carbocycles. The molecule has 162 valence electrons. The number of para-hydroxylation sites is 1. The van der Waals surface area contributed by atoms with Crippen LogP contribution in [0.15, 0.2) is 53.5 Å². The zero-order chi connectivity index (χ0) is 21.2. The molecule has 6 heteroatoms. The van der Waals surface area contributed by atoms with Gasteiger partial charge in [-0.1, -0.05) is 48.0 Å². The van der Waals surface area contributed by atoms with Crippen molar-refractivity contribution in [2.75, 3.05) is 53.6 Å². The molecular weight excluding hydrogens is 376 g/mol. The molecule has 0 aromatic heterocycles. The standard InChI is InChI=1S/C24H34N4O2/c1-19-7-6-9-21(17-19)22(28-13-15-30-16-14-28)18-27-24(25-2)26-12-11-20-8-4-5-10-23(20)29-3/h4-10,17,22H,11-16,18H2,1-3H3,(H2,25,26,27). The third-order valence-corrected chi connectivity index (χ3v) is 5.48. The predicted molar refractivity (Wildman–Crippen MR) is 122 cm³/mol. The lowest BCUT2D eigenvalue weighted by atomic mass is 10.0. The van der Waals surface area contributed by atoms with Crippen LogP contribution < -0.4 is 15.4 Å². The van der Waals surface area contributed by atoms with Crippen molar-refractivity contribution in [1.29, 1.82) is 0 Å². The summed E-state index contributed by atoms with van der Waals surface area (Å²) in [6, 6.07) is 17.2. The van der Waals surface area contributed by atoms with Crippen LogP contribution in [0.1, 0.15) is 22.7 Å². The Morgan fingerprint density at radius 2 is 1.93 bits per heavy atom. The van der Waals surface area contributed by atoms with E-state index < -0.39 is 0 Å². The average molecular weight is 411 g/mol. The highest BCUT2D eigenvalue weighted by atomic mass is 16.5. The van der Waals surface area contributed by atoms with E-state index in [1.54, 1.807) is 7.11 Å². The molecule has 1 aliphatic heterocycles. The van der Waals surface area contributed by atoms with E-state index in [4.69, 9.17) is 9.47 Å². The van der Waals surface area contributed by atoms with E-state index in [0.717, 1.165) is 57.5 Å². The van der Waals surface area contributed by atoms with Gasteiger partial charge in [-0.3, -0.25) is 9.89 Å². The molecule has 0 radical (unpaired) electrons. The van der Waals surface area contributed by atoms with Gasteiger partial charge in [0, 0.05) is 33.2 Å². The van der Waals surface area contributed by atoms with Crippen molar-refractivity contribution < 1.29 is 9.47 Å². The van der Waals surface area contributed by atoms with Gasteiger partial charge in [0.25, 0.3) is 0 Å². The Morgan fingerprint density at radius 3 is 2.67 bits per heavy atom. The molecule has 1 fully saturated rings. The summed E-state index contributed by atoms with van der Waals surface area (Å²) in [6.07, 6.45) is 0.871. The second-order valence-electron chi connectivity index (χ2n) is 7.52. The Morgan fingerprint density at radius 1 is 1.13 bits per heavy atom. The van der Waals surface area contributed by atoms with Gasteiger partial charge in [-0.25, -0.2) is 0 Å². The van der Waals surface area contributed by atoms with Gasteiger partial charge in [0.15, 0.2) is 5.96 Å². The number of hydrogen-bond donors (Lipinski definition) is 2. The van der Waals surface area contributed by atoms with Crippen molar-refractivity contribution in [2.45, 2.75) is 19.4 Å². The summed E-state index contributed by atoms with van der Waals surface area (Å²) in [5.41, 5.74) is 3.80. The van der Waals surface area contributed by atoms with E-state index in [1.807, 2.05) is 25.2 Å². The van der Waals surface area contributed by atoms with Crippen LogP contribution in [0.2, 0.25) is 0 Å². The summed E-state index contributed by atoms with van der Waals surface area (Å²) in [7, 11) is 3.53. The SMILES string of the molecule is CN=C(NCCc1ccccc1OC)NCC(c1cccc(C)c1)N1CCOCC1. The number of benzene rings is 2. The predicted octanol–water partition coefficient (Wildman–Crippen LogP) is 2.78. The number of rotatable bonds is 8. The molecule has 0 aliphatic carbocycles. The van der Waals surface area contributed by atoms with Gasteiger partial charge in [-0.15, -0.1) is 0 Å². The monoisotopic (exact) mass is 410 g/mol. The van der Waals surface area contributed by atoms with Crippen molar-refractivity contribution >= 4 is 5.96 Å². The number of guanidine groups is 1. The van der Waals surface area contributed by atoms with Gasteiger partial charge >= 0.3 is 0 Å². The maximum absolute atomic E-state index is 5.56. The second kappa shape index (κ2) is 11.6. The molecule has 1 saturated heterocycles. The number of aryl methyl sites for hydroxylation is 1. The molecule has 1 atom stereocenters. The first-order valence-corrected chi connectivity index (χ1v) is 10.7. The minimum atomic E-state index is 0.279. The van der Waals surface area contributed by atoms with Crippen molar-refractivity contribution in [3.8, 4) is 5.75 Å². The Kier molecular flexibility index (Phi) is 8.53. The average Bonchev–Trinajstić information content (AvgIpc) is 2.79. The fraction of sp³-hybridized carbons (Fsp3) is 0.458. The van der Waals surface area contributed by atoms with Crippen molar-refractivity contribution in [1.82, 2.24) is 15.5 Å². The fourth-order valence-electron chi connectivity index (χ4n) is 3.86. The molecule has 30 heavy (non-hydrogen) atoms. The highest BCUT2D eigenvalue weighted by molar-refractivity contribution is 5.79. The van der Waals surface area contributed by atoms with Crippen LogP contribution in [-0.2, 0) is 11.2 Å². The van der Waals surface area contributed by atoms with Crippen LogP contribution in [0.5, 0.6) is 5.75 Å². The Balaban J connectivity index is 1.58. The number of nitrogens with one attached hydrogen (secondary N) is 2. The molecule has 1 unspecified atom stereocenters. The molecule has 0 spiro atoms. The summed E-state index contributed by atoms with van der Waals surface area (Å²) >= 11 is 0. The minimum Gasteiger partial charge on any atom is -0.496 e. The van der Waals surface area contributed by atoms with E-state index in [2.05, 4.69) is 57.8 Å². The minimum absolute atomic E-state index is 0.279. The van der Waals surface area contributed by atoms with Crippen LogP contribution in [-0.4, -0.2) is 64.4 Å². The number of ether oxygens (including phenoxy) is 2. The Labute approximate surface area is 180 Å². The summed E-state index contributed by atoms with van der Waals surface area (Å²) < 4.78 is 11.0. The highest BCUT2D eigenvalue weighted by Gasteiger charge is 2.23. The fourth-order valence-corrected chi connectivity index (χ4v) is 3.86. The molecule has 2 aromatic carbocycles. The van der Waals surface area contributed by atoms with Crippen LogP contribution >= 0.6 is 0 Å². The van der Waals surface area contributed by atoms with Crippen molar-refractivity contribution in [3.63, 3.8) is 0 Å². The lowest BCUT2D eigenvalue weighted by molar-refractivity contribution is 0.0170. The first-order valence-electron chi connectivity index (χ1n) is 10.7. The molecule has 2 aromatic rings. The van der Waals surface area contributed by atoms with Crippen LogP contribution in [0.4, 0.5) is 0 Å². The van der Waals surface area contributed by atoms with Gasteiger partial charge in [0.2, 0.25) is 0 Å². The Hall–Kier alpha value is -2.57.